The van der Waals surface area contributed by atoms with Crippen LogP contribution < -0.4 is 10.6 Å². The summed E-state index contributed by atoms with van der Waals surface area (Å²) in [5, 5.41) is 5.24. The molecule has 2 N–H and O–H groups in total. The van der Waals surface area contributed by atoms with Crippen molar-refractivity contribution < 1.29 is 13.6 Å². The second-order valence-corrected chi connectivity index (χ2v) is 5.69. The number of hydrogen-bond acceptors (Lipinski definition) is 4. The standard InChI is InChI=1S/C19H16F2N4O/c1-11-5-3-8-15(12(11)2)23-19-22-10-9-16(24-19)18(26)25-17-13(20)6-4-7-14(17)21/h3-10H,1-2H3,(H,25,26)(H,22,23,24). The first-order valence-electron chi connectivity index (χ1n) is 7.87. The first-order chi connectivity index (χ1) is 12.5. The molecule has 1 heterocycles. The van der Waals surface area contributed by atoms with Crippen molar-refractivity contribution in [2.75, 3.05) is 10.6 Å². The zero-order valence-corrected chi connectivity index (χ0v) is 14.2. The number of carbonyl (C=O) groups excluding carboxylic acids is 1. The van der Waals surface area contributed by atoms with E-state index in [0.717, 1.165) is 28.9 Å². The van der Waals surface area contributed by atoms with Crippen molar-refractivity contribution in [1.29, 1.82) is 0 Å². The van der Waals surface area contributed by atoms with E-state index in [4.69, 9.17) is 0 Å². The number of amides is 1. The van der Waals surface area contributed by atoms with Gasteiger partial charge in [-0.05, 0) is 49.2 Å². The molecule has 0 aliphatic heterocycles. The van der Waals surface area contributed by atoms with Crippen LogP contribution in [-0.4, -0.2) is 15.9 Å². The summed E-state index contributed by atoms with van der Waals surface area (Å²) in [6.45, 7) is 3.93. The number of nitrogens with zero attached hydrogens (tertiary/aromatic N) is 2. The molecule has 1 aromatic heterocycles. The van der Waals surface area contributed by atoms with Crippen LogP contribution >= 0.6 is 0 Å². The highest BCUT2D eigenvalue weighted by Crippen LogP contribution is 2.22. The van der Waals surface area contributed by atoms with Crippen molar-refractivity contribution in [2.24, 2.45) is 0 Å². The fraction of sp³-hybridized carbons (Fsp3) is 0.105. The summed E-state index contributed by atoms with van der Waals surface area (Å²) in [5.74, 6) is -2.25. The molecular weight excluding hydrogens is 338 g/mol. The van der Waals surface area contributed by atoms with Crippen LogP contribution in [0.15, 0.2) is 48.7 Å². The molecule has 26 heavy (non-hydrogen) atoms. The van der Waals surface area contributed by atoms with Gasteiger partial charge in [0.15, 0.2) is 0 Å². The smallest absolute Gasteiger partial charge is 0.274 e. The topological polar surface area (TPSA) is 66.9 Å². The van der Waals surface area contributed by atoms with E-state index in [1.54, 1.807) is 0 Å². The van der Waals surface area contributed by atoms with Crippen molar-refractivity contribution >= 4 is 23.2 Å². The van der Waals surface area contributed by atoms with Gasteiger partial charge in [0.1, 0.15) is 23.0 Å². The summed E-state index contributed by atoms with van der Waals surface area (Å²) >= 11 is 0. The van der Waals surface area contributed by atoms with E-state index in [1.165, 1.54) is 18.3 Å². The first-order valence-corrected chi connectivity index (χ1v) is 7.87. The quantitative estimate of drug-likeness (QED) is 0.730. The third kappa shape index (κ3) is 3.66. The van der Waals surface area contributed by atoms with E-state index in [2.05, 4.69) is 20.6 Å². The maximum absolute atomic E-state index is 13.7. The zero-order chi connectivity index (χ0) is 18.7. The maximum atomic E-state index is 13.7. The number of rotatable bonds is 4. The average Bonchev–Trinajstić information content (AvgIpc) is 2.62. The Hall–Kier alpha value is -3.35. The van der Waals surface area contributed by atoms with Crippen molar-refractivity contribution in [2.45, 2.75) is 13.8 Å². The van der Waals surface area contributed by atoms with Crippen LogP contribution in [0.5, 0.6) is 0 Å². The van der Waals surface area contributed by atoms with Gasteiger partial charge in [-0.15, -0.1) is 0 Å². The van der Waals surface area contributed by atoms with Gasteiger partial charge < -0.3 is 10.6 Å². The Morgan fingerprint density at radius 1 is 1.00 bits per heavy atom. The Morgan fingerprint density at radius 2 is 1.69 bits per heavy atom. The van der Waals surface area contributed by atoms with Crippen molar-refractivity contribution in [1.82, 2.24) is 9.97 Å². The van der Waals surface area contributed by atoms with E-state index in [-0.39, 0.29) is 11.6 Å². The predicted octanol–water partition coefficient (Wildman–Crippen LogP) is 4.37. The minimum Gasteiger partial charge on any atom is -0.324 e. The molecule has 0 bridgehead atoms. The summed E-state index contributed by atoms with van der Waals surface area (Å²) < 4.78 is 27.4. The Bertz CT molecular complexity index is 955. The highest BCUT2D eigenvalue weighted by atomic mass is 19.1. The minimum absolute atomic E-state index is 0.0181. The molecule has 1 amide bonds. The summed E-state index contributed by atoms with van der Waals surface area (Å²) in [7, 11) is 0. The SMILES string of the molecule is Cc1cccc(Nc2nccc(C(=O)Nc3c(F)cccc3F)n2)c1C. The third-order valence-electron chi connectivity index (χ3n) is 3.94. The predicted molar refractivity (Wildman–Crippen MR) is 95.5 cm³/mol. The number of nitrogens with one attached hydrogen (secondary N) is 2. The molecular formula is C19H16F2N4O. The maximum Gasteiger partial charge on any atom is 0.274 e. The Morgan fingerprint density at radius 3 is 2.42 bits per heavy atom. The minimum atomic E-state index is -0.860. The average molecular weight is 354 g/mol. The van der Waals surface area contributed by atoms with Crippen LogP contribution in [0.2, 0.25) is 0 Å². The van der Waals surface area contributed by atoms with E-state index in [0.29, 0.717) is 0 Å². The fourth-order valence-corrected chi connectivity index (χ4v) is 2.35. The number of anilines is 3. The zero-order valence-electron chi connectivity index (χ0n) is 14.2. The second-order valence-electron chi connectivity index (χ2n) is 5.69. The van der Waals surface area contributed by atoms with Crippen molar-refractivity contribution in [3.63, 3.8) is 0 Å². The molecule has 0 radical (unpaired) electrons. The lowest BCUT2D eigenvalue weighted by atomic mass is 10.1. The van der Waals surface area contributed by atoms with Gasteiger partial charge in [0.2, 0.25) is 5.95 Å². The molecule has 3 aromatic rings. The van der Waals surface area contributed by atoms with Gasteiger partial charge in [-0.25, -0.2) is 18.7 Å². The largest absolute Gasteiger partial charge is 0.324 e. The molecule has 7 heteroatoms. The lowest BCUT2D eigenvalue weighted by molar-refractivity contribution is 0.102. The number of para-hydroxylation sites is 1. The number of carbonyl (C=O) groups is 1. The van der Waals surface area contributed by atoms with Crippen LogP contribution in [0.4, 0.5) is 26.1 Å². The lowest BCUT2D eigenvalue weighted by Crippen LogP contribution is -2.16. The highest BCUT2D eigenvalue weighted by Gasteiger charge is 2.15. The van der Waals surface area contributed by atoms with Gasteiger partial charge >= 0.3 is 0 Å². The molecule has 0 fully saturated rings. The van der Waals surface area contributed by atoms with Gasteiger partial charge in [-0.2, -0.15) is 0 Å². The third-order valence-corrected chi connectivity index (χ3v) is 3.94. The van der Waals surface area contributed by atoms with Crippen LogP contribution in [0.3, 0.4) is 0 Å². The summed E-state index contributed by atoms with van der Waals surface area (Å²) in [6, 6.07) is 10.4. The van der Waals surface area contributed by atoms with Gasteiger partial charge in [0.05, 0.1) is 0 Å². The number of hydrogen-bond donors (Lipinski definition) is 2. The Balaban J connectivity index is 1.83. The molecule has 0 saturated heterocycles. The monoisotopic (exact) mass is 354 g/mol. The number of halogens is 2. The van der Waals surface area contributed by atoms with E-state index < -0.39 is 23.2 Å². The van der Waals surface area contributed by atoms with Gasteiger partial charge in [0, 0.05) is 11.9 Å². The molecule has 3 rings (SSSR count). The normalized spacial score (nSPS) is 10.5. The first kappa shape index (κ1) is 17.5. The Labute approximate surface area is 149 Å². The molecule has 2 aromatic carbocycles. The van der Waals surface area contributed by atoms with Gasteiger partial charge in [-0.3, -0.25) is 4.79 Å². The summed E-state index contributed by atoms with van der Waals surface area (Å²) in [4.78, 5) is 20.5. The van der Waals surface area contributed by atoms with Gasteiger partial charge in [-0.1, -0.05) is 18.2 Å². The van der Waals surface area contributed by atoms with E-state index in [9.17, 15) is 13.6 Å². The molecule has 0 spiro atoms. The highest BCUT2D eigenvalue weighted by molar-refractivity contribution is 6.03. The molecule has 0 atom stereocenters. The van der Waals surface area contributed by atoms with E-state index in [1.807, 2.05) is 32.0 Å². The number of aryl methyl sites for hydroxylation is 1. The molecule has 5 nitrogen and oxygen atoms in total. The van der Waals surface area contributed by atoms with Crippen LogP contribution in [-0.2, 0) is 0 Å². The van der Waals surface area contributed by atoms with Crippen molar-refractivity contribution in [3.8, 4) is 0 Å². The number of benzene rings is 2. The van der Waals surface area contributed by atoms with E-state index >= 15 is 0 Å². The second kappa shape index (κ2) is 7.26. The fourth-order valence-electron chi connectivity index (χ4n) is 2.35. The molecule has 0 unspecified atom stereocenters. The lowest BCUT2D eigenvalue weighted by Gasteiger charge is -2.11. The van der Waals surface area contributed by atoms with Crippen molar-refractivity contribution in [3.05, 3.63) is 77.1 Å². The summed E-state index contributed by atoms with van der Waals surface area (Å²) in [6.07, 6.45) is 1.40. The van der Waals surface area contributed by atoms with Crippen LogP contribution in [0, 0.1) is 25.5 Å². The number of aromatic nitrogens is 2. The molecule has 0 saturated carbocycles. The molecule has 132 valence electrons. The summed E-state index contributed by atoms with van der Waals surface area (Å²) in [5.41, 5.74) is 2.40. The van der Waals surface area contributed by atoms with Gasteiger partial charge in [0.25, 0.3) is 5.91 Å². The Kier molecular flexibility index (Phi) is 4.88. The molecule has 0 aliphatic carbocycles. The molecule has 0 aliphatic rings. The van der Waals surface area contributed by atoms with Crippen LogP contribution in [0.25, 0.3) is 0 Å². The van der Waals surface area contributed by atoms with Crippen LogP contribution in [0.1, 0.15) is 21.6 Å².